The van der Waals surface area contributed by atoms with E-state index in [9.17, 15) is 13.9 Å². The molecule has 0 aromatic heterocycles. The number of ether oxygens (including phenoxy) is 1. The zero-order valence-corrected chi connectivity index (χ0v) is 7.55. The Morgan fingerprint density at radius 3 is 2.57 bits per heavy atom. The van der Waals surface area contributed by atoms with Gasteiger partial charge in [0.25, 0.3) is 0 Å². The van der Waals surface area contributed by atoms with E-state index in [1.54, 1.807) is 0 Å². The van der Waals surface area contributed by atoms with Crippen molar-refractivity contribution >= 4 is 0 Å². The summed E-state index contributed by atoms with van der Waals surface area (Å²) < 4.78 is 30.6. The molecule has 0 fully saturated rings. The monoisotopic (exact) mass is 204 g/mol. The molecule has 0 heterocycles. The Bertz CT molecular complexity index is 339. The molecule has 0 aliphatic rings. The highest BCUT2D eigenvalue weighted by Crippen LogP contribution is 2.33. The summed E-state index contributed by atoms with van der Waals surface area (Å²) in [6.45, 7) is -0.378. The third-order valence-corrected chi connectivity index (χ3v) is 1.83. The molecule has 0 aliphatic carbocycles. The van der Waals surface area contributed by atoms with E-state index in [-0.39, 0.29) is 24.3 Å². The fraction of sp³-hybridized carbons (Fsp3) is 0.333. The third kappa shape index (κ3) is 1.77. The lowest BCUT2D eigenvalue weighted by molar-refractivity contribution is 0.291. The van der Waals surface area contributed by atoms with Crippen LogP contribution in [0, 0.1) is 11.6 Å². The summed E-state index contributed by atoms with van der Waals surface area (Å²) in [6.07, 6.45) is -0.161. The van der Waals surface area contributed by atoms with E-state index in [0.29, 0.717) is 0 Å². The Morgan fingerprint density at radius 2 is 2.07 bits per heavy atom. The number of hydrogen-bond acceptors (Lipinski definition) is 3. The second-order valence-corrected chi connectivity index (χ2v) is 2.68. The van der Waals surface area contributed by atoms with Crippen LogP contribution in [-0.2, 0) is 6.42 Å². The van der Waals surface area contributed by atoms with E-state index in [2.05, 4.69) is 4.74 Å². The summed E-state index contributed by atoms with van der Waals surface area (Å²) in [6, 6.07) is 0.755. The van der Waals surface area contributed by atoms with E-state index in [1.165, 1.54) is 7.11 Å². The predicted molar refractivity (Wildman–Crippen MR) is 45.4 cm³/mol. The second-order valence-electron chi connectivity index (χ2n) is 2.68. The van der Waals surface area contributed by atoms with Gasteiger partial charge in [0, 0.05) is 24.7 Å². The molecule has 0 saturated heterocycles. The molecule has 0 saturated carbocycles. The minimum absolute atomic E-state index is 0.146. The number of aromatic hydroxyl groups is 1. The minimum atomic E-state index is -1.16. The lowest BCUT2D eigenvalue weighted by atomic mass is 10.1. The number of benzene rings is 1. The molecule has 2 N–H and O–H groups in total. The van der Waals surface area contributed by atoms with Gasteiger partial charge < -0.3 is 14.9 Å². The van der Waals surface area contributed by atoms with Gasteiger partial charge in [-0.2, -0.15) is 0 Å². The summed E-state index contributed by atoms with van der Waals surface area (Å²) in [4.78, 5) is 0. The maximum absolute atomic E-state index is 13.1. The van der Waals surface area contributed by atoms with Gasteiger partial charge in [0.1, 0.15) is 0 Å². The molecule has 0 unspecified atom stereocenters. The quantitative estimate of drug-likeness (QED) is 0.778. The first-order valence-electron chi connectivity index (χ1n) is 3.96. The second kappa shape index (κ2) is 4.23. The molecule has 3 nitrogen and oxygen atoms in total. The molecule has 5 heteroatoms. The average Bonchev–Trinajstić information content (AvgIpc) is 2.18. The number of methoxy groups -OCH3 is 1. The topological polar surface area (TPSA) is 49.7 Å². The Kier molecular flexibility index (Phi) is 3.24. The van der Waals surface area contributed by atoms with Crippen molar-refractivity contribution in [2.45, 2.75) is 6.42 Å². The van der Waals surface area contributed by atoms with Crippen LogP contribution in [0.15, 0.2) is 6.07 Å². The van der Waals surface area contributed by atoms with Crippen LogP contribution in [0.4, 0.5) is 8.78 Å². The van der Waals surface area contributed by atoms with Gasteiger partial charge in [-0.15, -0.1) is 0 Å². The highest BCUT2D eigenvalue weighted by Gasteiger charge is 2.17. The Labute approximate surface area is 79.6 Å². The van der Waals surface area contributed by atoms with Crippen LogP contribution in [-0.4, -0.2) is 23.9 Å². The molecule has 0 radical (unpaired) electrons. The van der Waals surface area contributed by atoms with Gasteiger partial charge in [-0.25, -0.2) is 8.78 Å². The van der Waals surface area contributed by atoms with Crippen LogP contribution in [0.2, 0.25) is 0 Å². The molecule has 0 amide bonds. The molecule has 78 valence electrons. The summed E-state index contributed by atoms with van der Waals surface area (Å²) in [7, 11) is 1.23. The molecule has 1 rings (SSSR count). The Morgan fingerprint density at radius 1 is 1.43 bits per heavy atom. The number of phenolic OH excluding ortho intramolecular Hbond substituents is 1. The Balaban J connectivity index is 3.29. The van der Waals surface area contributed by atoms with Crippen LogP contribution in [0.5, 0.6) is 11.5 Å². The number of aliphatic hydroxyl groups excluding tert-OH is 1. The Hall–Kier alpha value is -1.36. The van der Waals surface area contributed by atoms with E-state index < -0.39 is 17.4 Å². The summed E-state index contributed by atoms with van der Waals surface area (Å²) >= 11 is 0. The molecule has 0 atom stereocenters. The van der Waals surface area contributed by atoms with E-state index in [0.717, 1.165) is 6.07 Å². The van der Waals surface area contributed by atoms with Crippen molar-refractivity contribution < 1.29 is 23.7 Å². The lowest BCUT2D eigenvalue weighted by Crippen LogP contribution is -2.00. The van der Waals surface area contributed by atoms with Crippen molar-refractivity contribution in [2.24, 2.45) is 0 Å². The SMILES string of the molecule is COc1cc(F)c(F)c(CCO)c1O. The smallest absolute Gasteiger partial charge is 0.166 e. The maximum atomic E-state index is 13.1. The van der Waals surface area contributed by atoms with Crippen molar-refractivity contribution in [2.75, 3.05) is 13.7 Å². The van der Waals surface area contributed by atoms with Crippen molar-refractivity contribution in [3.8, 4) is 11.5 Å². The van der Waals surface area contributed by atoms with Crippen molar-refractivity contribution in [3.63, 3.8) is 0 Å². The van der Waals surface area contributed by atoms with Crippen molar-refractivity contribution in [1.82, 2.24) is 0 Å². The van der Waals surface area contributed by atoms with Crippen LogP contribution < -0.4 is 4.74 Å². The molecule has 0 aliphatic heterocycles. The van der Waals surface area contributed by atoms with Gasteiger partial charge in [0.05, 0.1) is 7.11 Å². The zero-order chi connectivity index (χ0) is 10.7. The molecule has 1 aromatic carbocycles. The fourth-order valence-corrected chi connectivity index (χ4v) is 1.14. The van der Waals surface area contributed by atoms with Crippen LogP contribution >= 0.6 is 0 Å². The average molecular weight is 204 g/mol. The molecule has 1 aromatic rings. The van der Waals surface area contributed by atoms with Gasteiger partial charge >= 0.3 is 0 Å². The zero-order valence-electron chi connectivity index (χ0n) is 7.55. The van der Waals surface area contributed by atoms with Gasteiger partial charge in [-0.05, 0) is 0 Å². The minimum Gasteiger partial charge on any atom is -0.504 e. The molecule has 14 heavy (non-hydrogen) atoms. The first-order chi connectivity index (χ1) is 6.61. The van der Waals surface area contributed by atoms with Gasteiger partial charge in [-0.1, -0.05) is 0 Å². The van der Waals surface area contributed by atoms with Gasteiger partial charge in [-0.3, -0.25) is 0 Å². The highest BCUT2D eigenvalue weighted by molar-refractivity contribution is 5.46. The van der Waals surface area contributed by atoms with Crippen LogP contribution in [0.25, 0.3) is 0 Å². The first-order valence-corrected chi connectivity index (χ1v) is 3.96. The number of halogens is 2. The molecular formula is C9H10F2O3. The lowest BCUT2D eigenvalue weighted by Gasteiger charge is -2.09. The highest BCUT2D eigenvalue weighted by atomic mass is 19.2. The van der Waals surface area contributed by atoms with Crippen molar-refractivity contribution in [1.29, 1.82) is 0 Å². The standard InChI is InChI=1S/C9H10F2O3/c1-14-7-4-6(10)8(11)5(2-3-12)9(7)13/h4,12-13H,2-3H2,1H3. The normalized spacial score (nSPS) is 10.3. The molecule has 0 spiro atoms. The van der Waals surface area contributed by atoms with E-state index in [1.807, 2.05) is 0 Å². The summed E-state index contributed by atoms with van der Waals surface area (Å²) in [5, 5.41) is 18.0. The van der Waals surface area contributed by atoms with Gasteiger partial charge in [0.2, 0.25) is 0 Å². The number of phenols is 1. The predicted octanol–water partition coefficient (Wildman–Crippen LogP) is 1.21. The van der Waals surface area contributed by atoms with E-state index >= 15 is 0 Å². The molecule has 0 bridgehead atoms. The summed E-state index contributed by atoms with van der Waals surface area (Å²) in [5.74, 6) is -2.88. The van der Waals surface area contributed by atoms with E-state index in [4.69, 9.17) is 5.11 Å². The molecular weight excluding hydrogens is 194 g/mol. The van der Waals surface area contributed by atoms with Crippen LogP contribution in [0.1, 0.15) is 5.56 Å². The van der Waals surface area contributed by atoms with Crippen molar-refractivity contribution in [3.05, 3.63) is 23.3 Å². The largest absolute Gasteiger partial charge is 0.504 e. The number of aliphatic hydroxyl groups is 1. The number of hydrogen-bond donors (Lipinski definition) is 2. The fourth-order valence-electron chi connectivity index (χ4n) is 1.14. The first kappa shape index (κ1) is 10.7. The third-order valence-electron chi connectivity index (χ3n) is 1.83. The maximum Gasteiger partial charge on any atom is 0.166 e. The van der Waals surface area contributed by atoms with Crippen LogP contribution in [0.3, 0.4) is 0 Å². The summed E-state index contributed by atoms with van der Waals surface area (Å²) in [5.41, 5.74) is -0.274. The van der Waals surface area contributed by atoms with Gasteiger partial charge in [0.15, 0.2) is 23.1 Å². The number of rotatable bonds is 3.